The molecule has 0 aliphatic rings. The van der Waals surface area contributed by atoms with Crippen molar-refractivity contribution >= 4 is 0 Å². The van der Waals surface area contributed by atoms with Crippen molar-refractivity contribution in [2.24, 2.45) is 0 Å². The van der Waals surface area contributed by atoms with Crippen LogP contribution >= 0.6 is 0 Å². The van der Waals surface area contributed by atoms with Crippen molar-refractivity contribution < 1.29 is 13.2 Å². The van der Waals surface area contributed by atoms with E-state index in [2.05, 4.69) is 6.58 Å². The Morgan fingerprint density at radius 3 is 1.73 bits per heavy atom. The van der Waals surface area contributed by atoms with Gasteiger partial charge in [-0.05, 0) is 13.8 Å². The SMILES string of the molecule is C=C(N(CC)CC)C(F)(F)F. The summed E-state index contributed by atoms with van der Waals surface area (Å²) in [5.74, 6) is 0. The van der Waals surface area contributed by atoms with Gasteiger partial charge >= 0.3 is 6.18 Å². The first-order chi connectivity index (χ1) is 4.93. The lowest BCUT2D eigenvalue weighted by Crippen LogP contribution is -2.30. The molecule has 0 rings (SSSR count). The van der Waals surface area contributed by atoms with Crippen LogP contribution in [0.5, 0.6) is 0 Å². The normalized spacial score (nSPS) is 11.4. The zero-order valence-electron chi connectivity index (χ0n) is 6.70. The summed E-state index contributed by atoms with van der Waals surface area (Å²) in [6, 6.07) is 0. The molecule has 0 aliphatic heterocycles. The maximum atomic E-state index is 11.9. The number of hydrogen-bond acceptors (Lipinski definition) is 1. The van der Waals surface area contributed by atoms with E-state index in [9.17, 15) is 13.2 Å². The van der Waals surface area contributed by atoms with E-state index in [0.29, 0.717) is 13.1 Å². The van der Waals surface area contributed by atoms with Gasteiger partial charge in [0.25, 0.3) is 0 Å². The van der Waals surface area contributed by atoms with Crippen molar-refractivity contribution in [1.29, 1.82) is 0 Å². The van der Waals surface area contributed by atoms with E-state index in [4.69, 9.17) is 0 Å². The summed E-state index contributed by atoms with van der Waals surface area (Å²) in [6.07, 6.45) is -4.29. The summed E-state index contributed by atoms with van der Waals surface area (Å²) >= 11 is 0. The van der Waals surface area contributed by atoms with Gasteiger partial charge in [0.05, 0.1) is 0 Å². The molecule has 0 heterocycles. The largest absolute Gasteiger partial charge is 0.430 e. The van der Waals surface area contributed by atoms with Crippen LogP contribution in [0.25, 0.3) is 0 Å². The van der Waals surface area contributed by atoms with E-state index < -0.39 is 11.9 Å². The Labute approximate surface area is 64.5 Å². The third-order valence-electron chi connectivity index (χ3n) is 1.47. The van der Waals surface area contributed by atoms with Crippen molar-refractivity contribution in [2.45, 2.75) is 20.0 Å². The molecule has 0 aromatic carbocycles. The van der Waals surface area contributed by atoms with Crippen molar-refractivity contribution in [1.82, 2.24) is 4.90 Å². The van der Waals surface area contributed by atoms with E-state index in [1.807, 2.05) is 0 Å². The number of hydrogen-bond donors (Lipinski definition) is 0. The molecule has 0 aromatic rings. The summed E-state index contributed by atoms with van der Waals surface area (Å²) in [5.41, 5.74) is -0.762. The first-order valence-electron chi connectivity index (χ1n) is 3.44. The zero-order valence-corrected chi connectivity index (χ0v) is 6.70. The molecule has 0 atom stereocenters. The van der Waals surface area contributed by atoms with Gasteiger partial charge in [-0.1, -0.05) is 6.58 Å². The Morgan fingerprint density at radius 2 is 1.64 bits per heavy atom. The number of halogens is 3. The van der Waals surface area contributed by atoms with Crippen molar-refractivity contribution in [3.05, 3.63) is 12.3 Å². The number of alkyl halides is 3. The maximum Gasteiger partial charge on any atom is 0.430 e. The highest BCUT2D eigenvalue weighted by molar-refractivity contribution is 5.00. The molecular weight excluding hydrogens is 155 g/mol. The first-order valence-corrected chi connectivity index (χ1v) is 3.44. The minimum Gasteiger partial charge on any atom is -0.369 e. The number of allylic oxidation sites excluding steroid dienone is 1. The quantitative estimate of drug-likeness (QED) is 0.623. The third kappa shape index (κ3) is 2.82. The molecule has 0 N–H and O–H groups in total. The fraction of sp³-hybridized carbons (Fsp3) is 0.714. The van der Waals surface area contributed by atoms with Gasteiger partial charge in [0, 0.05) is 13.1 Å². The average Bonchev–Trinajstić information content (AvgIpc) is 1.88. The van der Waals surface area contributed by atoms with Crippen LogP contribution in [0.2, 0.25) is 0 Å². The van der Waals surface area contributed by atoms with E-state index in [1.54, 1.807) is 13.8 Å². The topological polar surface area (TPSA) is 3.24 Å². The maximum absolute atomic E-state index is 11.9. The van der Waals surface area contributed by atoms with Crippen molar-refractivity contribution in [3.63, 3.8) is 0 Å². The first kappa shape index (κ1) is 10.3. The van der Waals surface area contributed by atoms with E-state index >= 15 is 0 Å². The summed E-state index contributed by atoms with van der Waals surface area (Å²) in [4.78, 5) is 1.18. The minimum atomic E-state index is -4.29. The van der Waals surface area contributed by atoms with Gasteiger partial charge in [0.15, 0.2) is 0 Å². The molecule has 1 nitrogen and oxygen atoms in total. The Bertz CT molecular complexity index is 135. The average molecular weight is 167 g/mol. The Hall–Kier alpha value is -0.670. The highest BCUT2D eigenvalue weighted by atomic mass is 19.4. The van der Waals surface area contributed by atoms with Gasteiger partial charge < -0.3 is 4.90 Å². The standard InChI is InChI=1S/C7H12F3N/c1-4-11(5-2)6(3)7(8,9)10/h3-5H2,1-2H3. The highest BCUT2D eigenvalue weighted by Gasteiger charge is 2.34. The molecule has 0 saturated carbocycles. The molecule has 0 spiro atoms. The predicted octanol–water partition coefficient (Wildman–Crippen LogP) is 2.40. The second kappa shape index (κ2) is 3.64. The van der Waals surface area contributed by atoms with Gasteiger partial charge in [-0.25, -0.2) is 0 Å². The van der Waals surface area contributed by atoms with Gasteiger partial charge in [-0.2, -0.15) is 13.2 Å². The molecule has 66 valence electrons. The minimum absolute atomic E-state index is 0.342. The predicted molar refractivity (Wildman–Crippen MR) is 38.1 cm³/mol. The Balaban J connectivity index is 4.22. The van der Waals surface area contributed by atoms with Crippen LogP contribution in [-0.2, 0) is 0 Å². The molecule has 4 heteroatoms. The molecule has 0 aromatic heterocycles. The van der Waals surface area contributed by atoms with Crippen LogP contribution in [0.4, 0.5) is 13.2 Å². The summed E-state index contributed by atoms with van der Waals surface area (Å²) in [6.45, 7) is 6.99. The lowest BCUT2D eigenvalue weighted by molar-refractivity contribution is -0.110. The van der Waals surface area contributed by atoms with Crippen molar-refractivity contribution in [3.8, 4) is 0 Å². The molecular formula is C7H12F3N. The number of nitrogens with zero attached hydrogens (tertiary/aromatic N) is 1. The van der Waals surface area contributed by atoms with E-state index in [0.717, 1.165) is 0 Å². The van der Waals surface area contributed by atoms with Crippen LogP contribution in [0.15, 0.2) is 12.3 Å². The molecule has 0 fully saturated rings. The molecule has 0 aliphatic carbocycles. The molecule has 0 amide bonds. The van der Waals surface area contributed by atoms with E-state index in [-0.39, 0.29) is 0 Å². The molecule has 0 bridgehead atoms. The highest BCUT2D eigenvalue weighted by Crippen LogP contribution is 2.26. The summed E-state index contributed by atoms with van der Waals surface area (Å²) in [7, 11) is 0. The van der Waals surface area contributed by atoms with Gasteiger partial charge in [-0.3, -0.25) is 0 Å². The molecule has 0 unspecified atom stereocenters. The van der Waals surface area contributed by atoms with E-state index in [1.165, 1.54) is 4.90 Å². The summed E-state index contributed by atoms with van der Waals surface area (Å²) in [5, 5.41) is 0. The molecule has 0 saturated heterocycles. The third-order valence-corrected chi connectivity index (χ3v) is 1.47. The monoisotopic (exact) mass is 167 g/mol. The van der Waals surface area contributed by atoms with Crippen LogP contribution in [0.1, 0.15) is 13.8 Å². The molecule has 0 radical (unpaired) electrons. The fourth-order valence-corrected chi connectivity index (χ4v) is 0.785. The van der Waals surface area contributed by atoms with Crippen LogP contribution in [-0.4, -0.2) is 24.2 Å². The summed E-state index contributed by atoms with van der Waals surface area (Å²) < 4.78 is 35.8. The second-order valence-corrected chi connectivity index (χ2v) is 2.12. The zero-order chi connectivity index (χ0) is 9.07. The fourth-order valence-electron chi connectivity index (χ4n) is 0.785. The molecule has 11 heavy (non-hydrogen) atoms. The van der Waals surface area contributed by atoms with Gasteiger partial charge in [0.1, 0.15) is 5.70 Å². The van der Waals surface area contributed by atoms with Crippen LogP contribution in [0.3, 0.4) is 0 Å². The van der Waals surface area contributed by atoms with Crippen LogP contribution in [0, 0.1) is 0 Å². The lowest BCUT2D eigenvalue weighted by atomic mass is 10.4. The Morgan fingerprint density at radius 1 is 1.27 bits per heavy atom. The smallest absolute Gasteiger partial charge is 0.369 e. The van der Waals surface area contributed by atoms with Crippen molar-refractivity contribution in [2.75, 3.05) is 13.1 Å². The van der Waals surface area contributed by atoms with Gasteiger partial charge in [-0.15, -0.1) is 0 Å². The lowest BCUT2D eigenvalue weighted by Gasteiger charge is -2.24. The van der Waals surface area contributed by atoms with Crippen LogP contribution < -0.4 is 0 Å². The Kier molecular flexibility index (Phi) is 3.42. The second-order valence-electron chi connectivity index (χ2n) is 2.12. The number of rotatable bonds is 3. The van der Waals surface area contributed by atoms with Gasteiger partial charge in [0.2, 0.25) is 0 Å².